The molecule has 0 fully saturated rings. The van der Waals surface area contributed by atoms with E-state index >= 15 is 0 Å². The van der Waals surface area contributed by atoms with Crippen LogP contribution in [-0.2, 0) is 0 Å². The van der Waals surface area contributed by atoms with Crippen LogP contribution in [0, 0.1) is 0 Å². The molecule has 3 rings (SSSR count). The molecule has 2 aromatic rings. The molecule has 4 heteroatoms. The summed E-state index contributed by atoms with van der Waals surface area (Å²) in [6.45, 7) is 1.83. The number of ketones is 1. The van der Waals surface area contributed by atoms with Crippen LogP contribution < -0.4 is 9.47 Å². The minimum Gasteiger partial charge on any atom is -0.454 e. The molecule has 0 saturated carbocycles. The number of carbonyl (C=O) groups excluding carboxylic acids is 1. The van der Waals surface area contributed by atoms with E-state index in [0.717, 1.165) is 22.7 Å². The second kappa shape index (κ2) is 6.26. The summed E-state index contributed by atoms with van der Waals surface area (Å²) in [5.74, 6) is 1.59. The molecule has 110 valence electrons. The Morgan fingerprint density at radius 1 is 1.09 bits per heavy atom. The quantitative estimate of drug-likeness (QED) is 0.631. The summed E-state index contributed by atoms with van der Waals surface area (Å²) in [7, 11) is 0. The highest BCUT2D eigenvalue weighted by atomic mass is 16.7. The van der Waals surface area contributed by atoms with Crippen molar-refractivity contribution in [3.05, 3.63) is 59.7 Å². The fraction of sp³-hybridized carbons (Fsp3) is 0.111. The monoisotopic (exact) mass is 293 g/mol. The van der Waals surface area contributed by atoms with Gasteiger partial charge in [-0.2, -0.15) is 0 Å². The Morgan fingerprint density at radius 2 is 1.86 bits per heavy atom. The zero-order valence-electron chi connectivity index (χ0n) is 12.2. The number of aliphatic imine (C=N–C) groups is 1. The largest absolute Gasteiger partial charge is 0.454 e. The van der Waals surface area contributed by atoms with Crippen LogP contribution in [0.5, 0.6) is 11.5 Å². The third kappa shape index (κ3) is 3.23. The van der Waals surface area contributed by atoms with Gasteiger partial charge in [-0.15, -0.1) is 0 Å². The first-order valence-electron chi connectivity index (χ1n) is 6.94. The van der Waals surface area contributed by atoms with Gasteiger partial charge in [-0.3, -0.25) is 9.79 Å². The third-order valence-electron chi connectivity index (χ3n) is 3.27. The highest BCUT2D eigenvalue weighted by Crippen LogP contribution is 2.32. The maximum absolute atomic E-state index is 11.2. The summed E-state index contributed by atoms with van der Waals surface area (Å²) in [5.41, 5.74) is 2.51. The molecule has 0 saturated heterocycles. The van der Waals surface area contributed by atoms with Crippen molar-refractivity contribution in [2.45, 2.75) is 6.92 Å². The van der Waals surface area contributed by atoms with E-state index in [1.807, 2.05) is 42.5 Å². The number of hydrogen-bond donors (Lipinski definition) is 0. The van der Waals surface area contributed by atoms with E-state index < -0.39 is 0 Å². The lowest BCUT2D eigenvalue weighted by Gasteiger charge is -1.97. The molecule has 0 radical (unpaired) electrons. The van der Waals surface area contributed by atoms with Crippen molar-refractivity contribution < 1.29 is 14.3 Å². The van der Waals surface area contributed by atoms with Crippen molar-refractivity contribution in [1.82, 2.24) is 0 Å². The zero-order chi connectivity index (χ0) is 15.4. The number of carbonyl (C=O) groups is 1. The Labute approximate surface area is 128 Å². The van der Waals surface area contributed by atoms with Crippen molar-refractivity contribution in [3.8, 4) is 11.5 Å². The Kier molecular flexibility index (Phi) is 4.01. The lowest BCUT2D eigenvalue weighted by Crippen LogP contribution is -1.92. The molecule has 0 N–H and O–H groups in total. The molecule has 1 aliphatic heterocycles. The fourth-order valence-corrected chi connectivity index (χ4v) is 2.08. The van der Waals surface area contributed by atoms with Crippen LogP contribution in [0.4, 0.5) is 5.69 Å². The molecule has 0 bridgehead atoms. The number of nitrogens with zero attached hydrogens (tertiary/aromatic N) is 1. The Balaban J connectivity index is 1.65. The first-order chi connectivity index (χ1) is 10.7. The van der Waals surface area contributed by atoms with Gasteiger partial charge in [-0.25, -0.2) is 0 Å². The maximum atomic E-state index is 11.2. The van der Waals surface area contributed by atoms with Crippen molar-refractivity contribution in [2.75, 3.05) is 6.79 Å². The number of ether oxygens (including phenoxy) is 2. The van der Waals surface area contributed by atoms with E-state index in [-0.39, 0.29) is 12.6 Å². The Morgan fingerprint density at radius 3 is 2.64 bits per heavy atom. The van der Waals surface area contributed by atoms with Gasteiger partial charge < -0.3 is 9.47 Å². The molecule has 0 aromatic heterocycles. The topological polar surface area (TPSA) is 47.9 Å². The average Bonchev–Trinajstić information content (AvgIpc) is 2.99. The molecule has 0 atom stereocenters. The van der Waals surface area contributed by atoms with Crippen molar-refractivity contribution in [1.29, 1.82) is 0 Å². The van der Waals surface area contributed by atoms with Gasteiger partial charge in [0.05, 0.1) is 5.69 Å². The van der Waals surface area contributed by atoms with Gasteiger partial charge in [0.25, 0.3) is 0 Å². The lowest BCUT2D eigenvalue weighted by molar-refractivity contribution is 0.101. The van der Waals surface area contributed by atoms with Crippen LogP contribution in [0.2, 0.25) is 0 Å². The van der Waals surface area contributed by atoms with E-state index in [4.69, 9.17) is 9.47 Å². The van der Waals surface area contributed by atoms with Crippen molar-refractivity contribution >= 4 is 23.8 Å². The second-order valence-electron chi connectivity index (χ2n) is 4.85. The summed E-state index contributed by atoms with van der Waals surface area (Å²) < 4.78 is 10.6. The summed E-state index contributed by atoms with van der Waals surface area (Å²) in [5, 5.41) is 0. The SMILES string of the molecule is CC(=O)c1ccc(N=C/C=C/c2ccc3c(c2)OCO3)cc1. The number of hydrogen-bond acceptors (Lipinski definition) is 4. The van der Waals surface area contributed by atoms with E-state index in [1.165, 1.54) is 0 Å². The Hall–Kier alpha value is -2.88. The van der Waals surface area contributed by atoms with E-state index in [2.05, 4.69) is 4.99 Å². The lowest BCUT2D eigenvalue weighted by atomic mass is 10.1. The van der Waals surface area contributed by atoms with Crippen LogP contribution in [0.1, 0.15) is 22.8 Å². The fourth-order valence-electron chi connectivity index (χ4n) is 2.08. The van der Waals surface area contributed by atoms with Crippen LogP contribution >= 0.6 is 0 Å². The van der Waals surface area contributed by atoms with Crippen LogP contribution in [0.3, 0.4) is 0 Å². The molecule has 0 spiro atoms. The highest BCUT2D eigenvalue weighted by molar-refractivity contribution is 5.94. The number of benzene rings is 2. The van der Waals surface area contributed by atoms with Crippen LogP contribution in [-0.4, -0.2) is 18.8 Å². The van der Waals surface area contributed by atoms with E-state index in [1.54, 1.807) is 25.3 Å². The van der Waals surface area contributed by atoms with Gasteiger partial charge in [0.1, 0.15) is 0 Å². The predicted molar refractivity (Wildman–Crippen MR) is 86.2 cm³/mol. The van der Waals surface area contributed by atoms with E-state index in [9.17, 15) is 4.79 Å². The molecule has 1 aliphatic rings. The van der Waals surface area contributed by atoms with Crippen LogP contribution in [0.25, 0.3) is 6.08 Å². The summed E-state index contributed by atoms with van der Waals surface area (Å²) in [6, 6.07) is 13.0. The molecular weight excluding hydrogens is 278 g/mol. The first-order valence-corrected chi connectivity index (χ1v) is 6.94. The normalized spacial score (nSPS) is 13.1. The summed E-state index contributed by atoms with van der Waals surface area (Å²) in [6.07, 6.45) is 5.51. The third-order valence-corrected chi connectivity index (χ3v) is 3.27. The summed E-state index contributed by atoms with van der Waals surface area (Å²) >= 11 is 0. The van der Waals surface area contributed by atoms with Crippen molar-refractivity contribution in [3.63, 3.8) is 0 Å². The molecule has 0 unspecified atom stereocenters. The Bertz CT molecular complexity index is 745. The molecule has 22 heavy (non-hydrogen) atoms. The zero-order valence-corrected chi connectivity index (χ0v) is 12.2. The van der Waals surface area contributed by atoms with Gasteiger partial charge in [0.2, 0.25) is 6.79 Å². The average molecular weight is 293 g/mol. The smallest absolute Gasteiger partial charge is 0.231 e. The standard InChI is InChI=1S/C18H15NO3/c1-13(20)15-5-7-16(8-6-15)19-10-2-3-14-4-9-17-18(11-14)22-12-21-17/h2-11H,12H2,1H3/b3-2+,19-10?. The first kappa shape index (κ1) is 14.1. The highest BCUT2D eigenvalue weighted by Gasteiger charge is 2.11. The minimum absolute atomic E-state index is 0.0539. The van der Waals surface area contributed by atoms with Gasteiger partial charge in [0, 0.05) is 11.8 Å². The predicted octanol–water partition coefficient (Wildman–Crippen LogP) is 4.03. The van der Waals surface area contributed by atoms with Crippen LogP contribution in [0.15, 0.2) is 53.5 Å². The number of fused-ring (bicyclic) bond motifs is 1. The van der Waals surface area contributed by atoms with Crippen molar-refractivity contribution in [2.24, 2.45) is 4.99 Å². The molecule has 0 amide bonds. The van der Waals surface area contributed by atoms with Gasteiger partial charge in [-0.1, -0.05) is 12.1 Å². The molecular formula is C18H15NO3. The molecule has 4 nitrogen and oxygen atoms in total. The number of rotatable bonds is 4. The summed E-state index contributed by atoms with van der Waals surface area (Å²) in [4.78, 5) is 15.5. The number of allylic oxidation sites excluding steroid dienone is 1. The molecule has 2 aromatic carbocycles. The second-order valence-corrected chi connectivity index (χ2v) is 4.85. The van der Waals surface area contributed by atoms with E-state index in [0.29, 0.717) is 5.56 Å². The minimum atomic E-state index is 0.0539. The number of Topliss-reactive ketones (excluding diaryl/α,β-unsaturated/α-hetero) is 1. The maximum Gasteiger partial charge on any atom is 0.231 e. The molecule has 0 aliphatic carbocycles. The van der Waals surface area contributed by atoms with Gasteiger partial charge >= 0.3 is 0 Å². The van der Waals surface area contributed by atoms with Gasteiger partial charge in [-0.05, 0) is 55.0 Å². The molecule has 1 heterocycles. The van der Waals surface area contributed by atoms with Gasteiger partial charge in [0.15, 0.2) is 17.3 Å².